The van der Waals surface area contributed by atoms with Crippen molar-refractivity contribution in [2.75, 3.05) is 6.54 Å². The maximum Gasteiger partial charge on any atom is 0.187 e. The number of azide groups is 3. The Morgan fingerprint density at radius 2 is 1.44 bits per heavy atom. The molecule has 0 aromatic heterocycles. The molecule has 0 spiro atoms. The maximum absolute atomic E-state index is 11.1. The summed E-state index contributed by atoms with van der Waals surface area (Å²) in [7, 11) is 0. The van der Waals surface area contributed by atoms with Crippen LogP contribution < -0.4 is 11.5 Å². The lowest BCUT2D eigenvalue weighted by atomic mass is 9.84. The molecule has 2 saturated heterocycles. The van der Waals surface area contributed by atoms with Gasteiger partial charge in [-0.2, -0.15) is 0 Å². The van der Waals surface area contributed by atoms with Crippen molar-refractivity contribution in [3.05, 3.63) is 31.3 Å². The predicted molar refractivity (Wildman–Crippen MR) is 133 cm³/mol. The van der Waals surface area contributed by atoms with Crippen molar-refractivity contribution >= 4 is 5.96 Å². The third-order valence-electron chi connectivity index (χ3n) is 6.94. The zero-order valence-electron chi connectivity index (χ0n) is 21.5. The molecule has 0 amide bonds. The van der Waals surface area contributed by atoms with Crippen LogP contribution >= 0.6 is 0 Å². The Hall–Kier alpha value is -3.20. The summed E-state index contributed by atoms with van der Waals surface area (Å²) >= 11 is 0. The number of aliphatic imine (C=N–C) groups is 1. The van der Waals surface area contributed by atoms with Gasteiger partial charge in [-0.25, -0.2) is 0 Å². The van der Waals surface area contributed by atoms with Crippen LogP contribution in [0.15, 0.2) is 20.3 Å². The highest BCUT2D eigenvalue weighted by atomic mass is 16.7. The van der Waals surface area contributed by atoms with Gasteiger partial charge in [-0.15, -0.1) is 0 Å². The predicted octanol–water partition coefficient (Wildman–Crippen LogP) is -2.89. The highest BCUT2D eigenvalue weighted by Crippen LogP contribution is 2.36. The van der Waals surface area contributed by atoms with Crippen molar-refractivity contribution in [3.8, 4) is 0 Å². The van der Waals surface area contributed by atoms with E-state index in [0.717, 1.165) is 0 Å². The minimum atomic E-state index is -1.78. The first-order valence-electron chi connectivity index (χ1n) is 12.3. The molecule has 41 heavy (non-hydrogen) atoms. The number of hydrogen-bond acceptors (Lipinski definition) is 14. The summed E-state index contributed by atoms with van der Waals surface area (Å²) in [4.78, 5) is 11.8. The average Bonchev–Trinajstić information content (AvgIpc) is 3.19. The van der Waals surface area contributed by atoms with Gasteiger partial charge in [-0.05, 0) is 29.9 Å². The standard InChI is InChI=1S/C19H32N12O10/c1-4(32)14-12(36)11(35)8(28-31-24)17(39-14)40-15-6(27-30-23)2-5(26-29-22)9(33)16(15)41-18-13(37)10(34)7(38-18)3-25-19(20)21/h4-18,32-37H,2-3H2,1H3,(H4,20,21,25)/t4-,5-,6?,7-,8?,9?,10+,11-,12+,13?,14?,15-,16-,17-,18+/m1/s1. The van der Waals surface area contributed by atoms with E-state index >= 15 is 0 Å². The molecule has 0 aromatic rings. The zero-order chi connectivity index (χ0) is 30.4. The van der Waals surface area contributed by atoms with Gasteiger partial charge >= 0.3 is 0 Å². The third kappa shape index (κ3) is 7.18. The van der Waals surface area contributed by atoms with Gasteiger partial charge in [0.1, 0.15) is 42.7 Å². The molecule has 0 radical (unpaired) electrons. The fraction of sp³-hybridized carbons (Fsp3) is 0.947. The SMILES string of the molecule is C[C@@H](O)C1O[C@H](O[C@@H]2C(N=[N+]=[N-])C[C@@H](N=[N+]=[N-])C(O)[C@H]2O[C@@H]2O[C@H](CN=C(N)N)[C@H](O)C2O)C(N=[N+]=[N-])[C@@H](O)[C@@H]1O. The molecule has 0 aromatic carbocycles. The van der Waals surface area contributed by atoms with Gasteiger partial charge in [0.15, 0.2) is 18.5 Å². The molecule has 22 heteroatoms. The fourth-order valence-corrected chi connectivity index (χ4v) is 4.89. The van der Waals surface area contributed by atoms with Crippen LogP contribution in [0.1, 0.15) is 13.3 Å². The fourth-order valence-electron chi connectivity index (χ4n) is 4.89. The van der Waals surface area contributed by atoms with E-state index in [1.165, 1.54) is 6.92 Å². The lowest BCUT2D eigenvalue weighted by molar-refractivity contribution is -0.315. The lowest BCUT2D eigenvalue weighted by Gasteiger charge is -2.47. The van der Waals surface area contributed by atoms with Crippen LogP contribution in [0.5, 0.6) is 0 Å². The molecule has 22 nitrogen and oxygen atoms in total. The van der Waals surface area contributed by atoms with Gasteiger partial charge in [0.05, 0.1) is 43.0 Å². The minimum absolute atomic E-state index is 0.263. The second-order valence-electron chi connectivity index (χ2n) is 9.65. The topological polar surface area (TPSA) is 369 Å². The van der Waals surface area contributed by atoms with Crippen molar-refractivity contribution in [2.24, 2.45) is 31.8 Å². The summed E-state index contributed by atoms with van der Waals surface area (Å²) in [6.45, 7) is 0.999. The van der Waals surface area contributed by atoms with Crippen molar-refractivity contribution in [2.45, 2.75) is 105 Å². The number of rotatable bonds is 10. The number of nitrogens with two attached hydrogens (primary N) is 2. The number of aliphatic hydroxyl groups excluding tert-OH is 6. The monoisotopic (exact) mass is 588 g/mol. The summed E-state index contributed by atoms with van der Waals surface area (Å²) in [6, 6.07) is -4.09. The Labute approximate surface area is 230 Å². The van der Waals surface area contributed by atoms with Gasteiger partial charge in [-0.3, -0.25) is 4.99 Å². The van der Waals surface area contributed by atoms with Gasteiger partial charge in [-0.1, -0.05) is 15.3 Å². The summed E-state index contributed by atoms with van der Waals surface area (Å²) < 4.78 is 22.9. The van der Waals surface area contributed by atoms with E-state index in [-0.39, 0.29) is 18.9 Å². The molecule has 2 aliphatic heterocycles. The molecule has 2 heterocycles. The number of aliphatic hydroxyl groups is 6. The van der Waals surface area contributed by atoms with Crippen molar-refractivity contribution in [1.82, 2.24) is 0 Å². The Morgan fingerprint density at radius 3 is 2.02 bits per heavy atom. The second kappa shape index (κ2) is 14.1. The molecule has 5 unspecified atom stereocenters. The molecular weight excluding hydrogens is 556 g/mol. The van der Waals surface area contributed by atoms with E-state index in [2.05, 4.69) is 35.1 Å². The van der Waals surface area contributed by atoms with Crippen molar-refractivity contribution in [1.29, 1.82) is 0 Å². The van der Waals surface area contributed by atoms with Gasteiger partial charge < -0.3 is 61.1 Å². The van der Waals surface area contributed by atoms with E-state index < -0.39 is 91.7 Å². The van der Waals surface area contributed by atoms with E-state index in [1.54, 1.807) is 0 Å². The Balaban J connectivity index is 1.98. The van der Waals surface area contributed by atoms with Gasteiger partial charge in [0.25, 0.3) is 0 Å². The minimum Gasteiger partial charge on any atom is -0.391 e. The largest absolute Gasteiger partial charge is 0.391 e. The zero-order valence-corrected chi connectivity index (χ0v) is 21.5. The van der Waals surface area contributed by atoms with Crippen molar-refractivity contribution < 1.29 is 49.6 Å². The molecule has 1 saturated carbocycles. The molecule has 10 N–H and O–H groups in total. The normalized spacial score (nSPS) is 43.1. The molecule has 1 aliphatic carbocycles. The van der Waals surface area contributed by atoms with Crippen LogP contribution in [0.25, 0.3) is 31.3 Å². The van der Waals surface area contributed by atoms with E-state index in [4.69, 9.17) is 41.5 Å². The smallest absolute Gasteiger partial charge is 0.187 e. The van der Waals surface area contributed by atoms with Crippen LogP contribution in [0, 0.1) is 0 Å². The molecule has 3 fully saturated rings. The second-order valence-corrected chi connectivity index (χ2v) is 9.65. The highest BCUT2D eigenvalue weighted by Gasteiger charge is 2.54. The quantitative estimate of drug-likeness (QED) is 0.0419. The van der Waals surface area contributed by atoms with E-state index in [1.807, 2.05) is 0 Å². The molecule has 15 atom stereocenters. The number of hydrogen-bond donors (Lipinski definition) is 8. The molecule has 3 aliphatic rings. The number of ether oxygens (including phenoxy) is 4. The van der Waals surface area contributed by atoms with Crippen LogP contribution in [0.2, 0.25) is 0 Å². The summed E-state index contributed by atoms with van der Waals surface area (Å²) in [6.07, 6.45) is -19.1. The third-order valence-corrected chi connectivity index (χ3v) is 6.94. The van der Waals surface area contributed by atoms with Crippen LogP contribution in [-0.2, 0) is 18.9 Å². The lowest BCUT2D eigenvalue weighted by Crippen LogP contribution is -2.64. The Morgan fingerprint density at radius 1 is 0.829 bits per heavy atom. The highest BCUT2D eigenvalue weighted by molar-refractivity contribution is 5.75. The first-order chi connectivity index (χ1) is 19.4. The number of guanidine groups is 1. The van der Waals surface area contributed by atoms with Gasteiger partial charge in [0, 0.05) is 14.7 Å². The molecule has 228 valence electrons. The molecule has 0 bridgehead atoms. The molecular formula is C19H32N12O10. The number of nitrogens with zero attached hydrogens (tertiary/aromatic N) is 10. The van der Waals surface area contributed by atoms with E-state index in [9.17, 15) is 36.2 Å². The van der Waals surface area contributed by atoms with Crippen LogP contribution in [-0.4, -0.2) is 135 Å². The Bertz CT molecular complexity index is 1080. The maximum atomic E-state index is 11.1. The van der Waals surface area contributed by atoms with Crippen LogP contribution in [0.4, 0.5) is 0 Å². The summed E-state index contributed by atoms with van der Waals surface area (Å²) in [5.74, 6) is -0.310. The first-order valence-corrected chi connectivity index (χ1v) is 12.3. The van der Waals surface area contributed by atoms with Crippen molar-refractivity contribution in [3.63, 3.8) is 0 Å². The summed E-state index contributed by atoms with van der Waals surface area (Å²) in [5.41, 5.74) is 37.8. The van der Waals surface area contributed by atoms with E-state index in [0.29, 0.717) is 0 Å². The van der Waals surface area contributed by atoms with Crippen LogP contribution in [0.3, 0.4) is 0 Å². The van der Waals surface area contributed by atoms with Gasteiger partial charge in [0.2, 0.25) is 0 Å². The molecule has 3 rings (SSSR count). The Kier molecular flexibility index (Phi) is 11.1. The average molecular weight is 589 g/mol. The first kappa shape index (κ1) is 32.3. The summed E-state index contributed by atoms with van der Waals surface area (Å²) in [5, 5.41) is 73.6.